The van der Waals surface area contributed by atoms with E-state index in [1.165, 1.54) is 6.07 Å². The van der Waals surface area contributed by atoms with Gasteiger partial charge in [-0.05, 0) is 53.7 Å². The average molecular weight is 306 g/mol. The number of nitrogens with zero attached hydrogens (tertiary/aromatic N) is 1. The topological polar surface area (TPSA) is 50.5 Å². The van der Waals surface area contributed by atoms with E-state index in [-0.39, 0.29) is 10.6 Å². The molecule has 0 amide bonds. The fourth-order valence-corrected chi connectivity index (χ4v) is 4.71. The zero-order chi connectivity index (χ0) is 11.4. The van der Waals surface area contributed by atoms with Crippen molar-refractivity contribution < 1.29 is 12.8 Å². The normalized spacial score (nSPS) is 24.1. The van der Waals surface area contributed by atoms with Crippen molar-refractivity contribution in [2.45, 2.75) is 36.3 Å². The molecule has 0 N–H and O–H groups in total. The number of rotatable bonds is 2. The number of halogens is 1. The van der Waals surface area contributed by atoms with E-state index in [1.807, 2.05) is 0 Å². The summed E-state index contributed by atoms with van der Waals surface area (Å²) in [5.41, 5.74) is -0.0713. The molecule has 1 saturated carbocycles. The van der Waals surface area contributed by atoms with E-state index in [0.29, 0.717) is 11.2 Å². The molecular formula is C10H12BrNO3S. The largest absolute Gasteiger partial charge is 0.437 e. The summed E-state index contributed by atoms with van der Waals surface area (Å²) in [6.07, 6.45) is 4.12. The highest BCUT2D eigenvalue weighted by Crippen LogP contribution is 2.49. The van der Waals surface area contributed by atoms with Crippen LogP contribution in [0.3, 0.4) is 0 Å². The highest BCUT2D eigenvalue weighted by molar-refractivity contribution is 9.10. The summed E-state index contributed by atoms with van der Waals surface area (Å²) in [6, 6.07) is 3.12. The third kappa shape index (κ3) is 1.33. The van der Waals surface area contributed by atoms with Crippen LogP contribution < -0.4 is 0 Å². The lowest BCUT2D eigenvalue weighted by Gasteiger charge is -2.56. The van der Waals surface area contributed by atoms with Gasteiger partial charge in [-0.25, -0.2) is 8.42 Å². The van der Waals surface area contributed by atoms with Crippen LogP contribution in [0.1, 0.15) is 25.7 Å². The van der Waals surface area contributed by atoms with E-state index in [4.69, 9.17) is 4.42 Å². The Bertz CT molecular complexity index is 512. The summed E-state index contributed by atoms with van der Waals surface area (Å²) >= 11 is 3.12. The number of hydrogen-bond acceptors (Lipinski definition) is 3. The maximum absolute atomic E-state index is 12.2. The molecule has 2 fully saturated rings. The van der Waals surface area contributed by atoms with Crippen LogP contribution in [0.15, 0.2) is 26.3 Å². The third-order valence-corrected chi connectivity index (χ3v) is 5.99. The molecule has 1 aliphatic carbocycles. The van der Waals surface area contributed by atoms with E-state index in [9.17, 15) is 8.42 Å². The molecule has 1 saturated heterocycles. The Morgan fingerprint density at radius 1 is 1.31 bits per heavy atom. The molecule has 4 nitrogen and oxygen atoms in total. The Hall–Kier alpha value is -0.330. The lowest BCUT2D eigenvalue weighted by atomic mass is 9.70. The van der Waals surface area contributed by atoms with Gasteiger partial charge in [0, 0.05) is 12.1 Å². The lowest BCUT2D eigenvalue weighted by molar-refractivity contribution is -0.00409. The first-order valence-electron chi connectivity index (χ1n) is 5.33. The van der Waals surface area contributed by atoms with Crippen LogP contribution in [0.5, 0.6) is 0 Å². The van der Waals surface area contributed by atoms with Crippen molar-refractivity contribution in [3.05, 3.63) is 16.8 Å². The van der Waals surface area contributed by atoms with Gasteiger partial charge < -0.3 is 4.42 Å². The molecule has 2 heterocycles. The fraction of sp³-hybridized carbons (Fsp3) is 0.600. The molecule has 2 aliphatic rings. The first-order chi connectivity index (χ1) is 7.55. The van der Waals surface area contributed by atoms with Crippen molar-refractivity contribution >= 4 is 26.0 Å². The van der Waals surface area contributed by atoms with Gasteiger partial charge in [-0.3, -0.25) is 0 Å². The second-order valence-corrected chi connectivity index (χ2v) is 7.04. The Morgan fingerprint density at radius 2 is 2.06 bits per heavy atom. The number of hydrogen-bond donors (Lipinski definition) is 0. The minimum Gasteiger partial charge on any atom is -0.437 e. The van der Waals surface area contributed by atoms with Gasteiger partial charge in [0.2, 0.25) is 5.09 Å². The van der Waals surface area contributed by atoms with Crippen molar-refractivity contribution in [1.82, 2.24) is 4.31 Å². The molecule has 1 spiro atoms. The summed E-state index contributed by atoms with van der Waals surface area (Å²) < 4.78 is 31.7. The summed E-state index contributed by atoms with van der Waals surface area (Å²) in [6.45, 7) is 0.626. The highest BCUT2D eigenvalue weighted by Gasteiger charge is 2.55. The van der Waals surface area contributed by atoms with Crippen LogP contribution in [0.25, 0.3) is 0 Å². The van der Waals surface area contributed by atoms with Crippen LogP contribution >= 0.6 is 15.9 Å². The molecule has 88 valence electrons. The Labute approximate surface area is 103 Å². The van der Waals surface area contributed by atoms with E-state index in [1.54, 1.807) is 10.4 Å². The van der Waals surface area contributed by atoms with Crippen molar-refractivity contribution in [3.8, 4) is 0 Å². The van der Waals surface area contributed by atoms with Gasteiger partial charge in [0.25, 0.3) is 10.0 Å². The fourth-order valence-electron chi connectivity index (χ4n) is 2.52. The van der Waals surface area contributed by atoms with Gasteiger partial charge in [-0.1, -0.05) is 0 Å². The second-order valence-electron chi connectivity index (χ2n) is 4.46. The van der Waals surface area contributed by atoms with Crippen LogP contribution in [-0.2, 0) is 10.0 Å². The molecule has 0 aromatic carbocycles. The van der Waals surface area contributed by atoms with Crippen LogP contribution in [0.2, 0.25) is 0 Å². The molecule has 16 heavy (non-hydrogen) atoms. The maximum atomic E-state index is 12.2. The lowest BCUT2D eigenvalue weighted by Crippen LogP contribution is -2.65. The molecule has 6 heteroatoms. The molecule has 3 rings (SSSR count). The van der Waals surface area contributed by atoms with E-state index in [0.717, 1.165) is 25.7 Å². The molecule has 0 unspecified atom stereocenters. The zero-order valence-electron chi connectivity index (χ0n) is 8.65. The van der Waals surface area contributed by atoms with Crippen molar-refractivity contribution in [2.75, 3.05) is 6.54 Å². The van der Waals surface area contributed by atoms with Gasteiger partial charge in [0.1, 0.15) is 0 Å². The Morgan fingerprint density at radius 3 is 2.44 bits per heavy atom. The molecule has 1 aliphatic heterocycles. The number of sulfonamides is 1. The van der Waals surface area contributed by atoms with Gasteiger partial charge >= 0.3 is 0 Å². The zero-order valence-corrected chi connectivity index (χ0v) is 11.1. The van der Waals surface area contributed by atoms with Gasteiger partial charge in [-0.15, -0.1) is 0 Å². The summed E-state index contributed by atoms with van der Waals surface area (Å²) in [5, 5.41) is 0.0466. The van der Waals surface area contributed by atoms with Gasteiger partial charge in [-0.2, -0.15) is 4.31 Å². The second kappa shape index (κ2) is 3.34. The Balaban J connectivity index is 1.94. The van der Waals surface area contributed by atoms with Crippen molar-refractivity contribution in [2.24, 2.45) is 0 Å². The van der Waals surface area contributed by atoms with E-state index >= 15 is 0 Å². The maximum Gasteiger partial charge on any atom is 0.277 e. The molecule has 1 aromatic rings. The standard InChI is InChI=1S/C10H12BrNO3S/c11-8-2-3-9(15-8)16(13,14)12-7-6-10(12)4-1-5-10/h2-3H,1,4-7H2. The predicted octanol–water partition coefficient (Wildman–Crippen LogP) is 2.36. The van der Waals surface area contributed by atoms with Crippen molar-refractivity contribution in [1.29, 1.82) is 0 Å². The van der Waals surface area contributed by atoms with Crippen LogP contribution in [0.4, 0.5) is 0 Å². The molecule has 0 radical (unpaired) electrons. The predicted molar refractivity (Wildman–Crippen MR) is 61.5 cm³/mol. The van der Waals surface area contributed by atoms with E-state index in [2.05, 4.69) is 15.9 Å². The number of furan rings is 1. The van der Waals surface area contributed by atoms with Gasteiger partial charge in [0.15, 0.2) is 4.67 Å². The SMILES string of the molecule is O=S(=O)(c1ccc(Br)o1)N1CCC12CCC2. The monoisotopic (exact) mass is 305 g/mol. The quantitative estimate of drug-likeness (QED) is 0.843. The summed E-state index contributed by atoms with van der Waals surface area (Å²) in [7, 11) is -3.41. The molecule has 0 bridgehead atoms. The molecule has 0 atom stereocenters. The average Bonchev–Trinajstić information content (AvgIpc) is 2.46. The first kappa shape index (κ1) is 10.8. The molecule has 1 aromatic heterocycles. The van der Waals surface area contributed by atoms with E-state index < -0.39 is 10.0 Å². The minimum absolute atomic E-state index is 0.0466. The third-order valence-electron chi connectivity index (χ3n) is 3.69. The Kier molecular flexibility index (Phi) is 2.25. The van der Waals surface area contributed by atoms with Gasteiger partial charge in [0.05, 0.1) is 0 Å². The highest BCUT2D eigenvalue weighted by atomic mass is 79.9. The summed E-state index contributed by atoms with van der Waals surface area (Å²) in [5.74, 6) is 0. The van der Waals surface area contributed by atoms with Crippen LogP contribution in [-0.4, -0.2) is 24.8 Å². The smallest absolute Gasteiger partial charge is 0.277 e. The minimum atomic E-state index is -3.41. The molecular weight excluding hydrogens is 294 g/mol. The van der Waals surface area contributed by atoms with Crippen molar-refractivity contribution in [3.63, 3.8) is 0 Å². The van der Waals surface area contributed by atoms with Crippen LogP contribution in [0, 0.1) is 0 Å². The first-order valence-corrected chi connectivity index (χ1v) is 7.56. The summed E-state index contributed by atoms with van der Waals surface area (Å²) in [4.78, 5) is 0.